The number of hydrogen-bond donors (Lipinski definition) is 2. The zero-order valence-electron chi connectivity index (χ0n) is 33.7. The van der Waals surface area contributed by atoms with Gasteiger partial charge < -0.3 is 20.1 Å². The fraction of sp³-hybridized carbons (Fsp3) is 0.767. The monoisotopic (exact) mass is 768 g/mol. The van der Waals surface area contributed by atoms with Crippen molar-refractivity contribution in [2.24, 2.45) is 5.73 Å². The SMILES string of the molecule is CCCCC/C=C/C/C=C/C/C=C/CCCCCCC(=O)O[C@H](COC(=O)CCCCCCCCC/C=C/CCCCCC)COP(=O)(O)OCCN. The fourth-order valence-corrected chi connectivity index (χ4v) is 6.28. The van der Waals surface area contributed by atoms with Crippen LogP contribution in [0.25, 0.3) is 0 Å². The molecule has 0 fully saturated rings. The molecule has 3 N–H and O–H groups in total. The molecule has 0 aromatic carbocycles. The molecule has 0 aromatic rings. The number of esters is 2. The van der Waals surface area contributed by atoms with Gasteiger partial charge in [-0.15, -0.1) is 0 Å². The van der Waals surface area contributed by atoms with Crippen LogP contribution in [-0.2, 0) is 32.7 Å². The molecule has 1 unspecified atom stereocenters. The van der Waals surface area contributed by atoms with E-state index >= 15 is 0 Å². The number of rotatable bonds is 39. The molecule has 0 bridgehead atoms. The Kier molecular flexibility index (Phi) is 38.1. The predicted octanol–water partition coefficient (Wildman–Crippen LogP) is 11.9. The highest BCUT2D eigenvalue weighted by Gasteiger charge is 2.26. The van der Waals surface area contributed by atoms with E-state index in [0.29, 0.717) is 6.42 Å². The van der Waals surface area contributed by atoms with Crippen molar-refractivity contribution in [2.75, 3.05) is 26.4 Å². The summed E-state index contributed by atoms with van der Waals surface area (Å²) in [6, 6.07) is 0. The van der Waals surface area contributed by atoms with E-state index in [-0.39, 0.29) is 32.6 Å². The molecule has 53 heavy (non-hydrogen) atoms. The molecule has 10 heteroatoms. The molecule has 0 saturated carbocycles. The number of allylic oxidation sites excluding steroid dienone is 8. The Hall–Kier alpha value is -2.03. The maximum atomic E-state index is 12.6. The Morgan fingerprint density at radius 2 is 0.981 bits per heavy atom. The minimum atomic E-state index is -4.38. The molecule has 0 saturated heterocycles. The van der Waals surface area contributed by atoms with Crippen LogP contribution in [0.15, 0.2) is 48.6 Å². The molecule has 0 radical (unpaired) electrons. The van der Waals surface area contributed by atoms with Crippen LogP contribution in [0.2, 0.25) is 0 Å². The van der Waals surface area contributed by atoms with Gasteiger partial charge in [-0.1, -0.05) is 140 Å². The van der Waals surface area contributed by atoms with E-state index in [9.17, 15) is 19.0 Å². The molecule has 0 aliphatic heterocycles. The van der Waals surface area contributed by atoms with Crippen molar-refractivity contribution >= 4 is 19.8 Å². The van der Waals surface area contributed by atoms with Crippen LogP contribution in [0, 0.1) is 0 Å². The second-order valence-electron chi connectivity index (χ2n) is 13.8. The first-order chi connectivity index (χ1) is 25.8. The smallest absolute Gasteiger partial charge is 0.462 e. The fourth-order valence-electron chi connectivity index (χ4n) is 5.52. The molecule has 308 valence electrons. The van der Waals surface area contributed by atoms with Crippen LogP contribution in [-0.4, -0.2) is 49.3 Å². The minimum absolute atomic E-state index is 0.0475. The quantitative estimate of drug-likeness (QED) is 0.0271. The third kappa shape index (κ3) is 39.5. The van der Waals surface area contributed by atoms with E-state index in [1.165, 1.54) is 77.0 Å². The average Bonchev–Trinajstić information content (AvgIpc) is 3.14. The van der Waals surface area contributed by atoms with Gasteiger partial charge in [0, 0.05) is 19.4 Å². The number of phosphoric acid groups is 1. The van der Waals surface area contributed by atoms with Crippen molar-refractivity contribution in [3.8, 4) is 0 Å². The Morgan fingerprint density at radius 1 is 0.566 bits per heavy atom. The second kappa shape index (κ2) is 39.7. The van der Waals surface area contributed by atoms with Crippen LogP contribution in [0.4, 0.5) is 0 Å². The van der Waals surface area contributed by atoms with Gasteiger partial charge in [0.05, 0.1) is 13.2 Å². The molecular weight excluding hydrogens is 689 g/mol. The number of nitrogens with two attached hydrogens (primary N) is 1. The van der Waals surface area contributed by atoms with E-state index in [2.05, 4.69) is 62.5 Å². The Morgan fingerprint density at radius 3 is 1.51 bits per heavy atom. The van der Waals surface area contributed by atoms with Crippen LogP contribution in [0.1, 0.15) is 181 Å². The summed E-state index contributed by atoms with van der Waals surface area (Å²) in [7, 11) is -4.38. The van der Waals surface area contributed by atoms with E-state index in [1.54, 1.807) is 0 Å². The molecule has 2 atom stereocenters. The highest BCUT2D eigenvalue weighted by molar-refractivity contribution is 7.47. The summed E-state index contributed by atoms with van der Waals surface area (Å²) in [5.41, 5.74) is 5.34. The molecule has 0 amide bonds. The van der Waals surface area contributed by atoms with Crippen LogP contribution >= 0.6 is 7.82 Å². The number of unbranched alkanes of at least 4 members (excludes halogenated alkanes) is 18. The van der Waals surface area contributed by atoms with Gasteiger partial charge in [0.25, 0.3) is 0 Å². The van der Waals surface area contributed by atoms with Crippen molar-refractivity contribution in [1.82, 2.24) is 0 Å². The Balaban J connectivity index is 4.23. The summed E-state index contributed by atoms with van der Waals surface area (Å²) in [4.78, 5) is 34.8. The average molecular weight is 768 g/mol. The number of hydrogen-bond acceptors (Lipinski definition) is 8. The standard InChI is InChI=1S/C43H78NO8P/c1-3-5-7-9-11-13-15-17-19-20-22-24-26-28-30-32-34-36-43(46)52-41(40-51-53(47,48)50-38-37-44)39-49-42(45)35-33-31-29-27-25-23-21-18-16-14-12-10-8-6-4-2/h11,13-14,16-17,19,22,24,41H,3-10,12,15,18,20-21,23,25-40,44H2,1-2H3,(H,47,48)/b13-11+,16-14+,19-17+,24-22+/t41-/m1/s1. The number of carbonyl (C=O) groups is 2. The maximum Gasteiger partial charge on any atom is 0.472 e. The van der Waals surface area contributed by atoms with Crippen LogP contribution in [0.3, 0.4) is 0 Å². The first kappa shape index (κ1) is 51.0. The second-order valence-corrected chi connectivity index (χ2v) is 15.3. The molecular formula is C43H78NO8P. The van der Waals surface area contributed by atoms with Gasteiger partial charge in [-0.25, -0.2) is 4.57 Å². The predicted molar refractivity (Wildman–Crippen MR) is 220 cm³/mol. The molecule has 0 aliphatic carbocycles. The van der Waals surface area contributed by atoms with E-state index in [0.717, 1.165) is 70.6 Å². The largest absolute Gasteiger partial charge is 0.472 e. The van der Waals surface area contributed by atoms with Crippen molar-refractivity contribution < 1.29 is 37.6 Å². The molecule has 0 heterocycles. The minimum Gasteiger partial charge on any atom is -0.462 e. The third-order valence-corrected chi connectivity index (χ3v) is 9.67. The highest BCUT2D eigenvalue weighted by Crippen LogP contribution is 2.43. The first-order valence-corrected chi connectivity index (χ1v) is 22.6. The number of carbonyl (C=O) groups excluding carboxylic acids is 2. The summed E-state index contributed by atoms with van der Waals surface area (Å²) in [6.07, 6.45) is 44.2. The lowest BCUT2D eigenvalue weighted by Crippen LogP contribution is -2.29. The van der Waals surface area contributed by atoms with Crippen molar-refractivity contribution in [3.63, 3.8) is 0 Å². The topological polar surface area (TPSA) is 134 Å². The zero-order valence-corrected chi connectivity index (χ0v) is 34.6. The van der Waals surface area contributed by atoms with Gasteiger partial charge in [-0.2, -0.15) is 0 Å². The maximum absolute atomic E-state index is 12.6. The number of ether oxygens (including phenoxy) is 2. The van der Waals surface area contributed by atoms with Crippen molar-refractivity contribution in [1.29, 1.82) is 0 Å². The van der Waals surface area contributed by atoms with Crippen LogP contribution < -0.4 is 5.73 Å². The first-order valence-electron chi connectivity index (χ1n) is 21.1. The van der Waals surface area contributed by atoms with Gasteiger partial charge in [-0.05, 0) is 77.0 Å². The summed E-state index contributed by atoms with van der Waals surface area (Å²) in [6.45, 7) is 3.65. The highest BCUT2D eigenvalue weighted by atomic mass is 31.2. The molecule has 0 spiro atoms. The summed E-state index contributed by atoms with van der Waals surface area (Å²) in [5.74, 6) is -0.860. The molecule has 0 aliphatic rings. The lowest BCUT2D eigenvalue weighted by Gasteiger charge is -2.19. The van der Waals surface area contributed by atoms with Crippen molar-refractivity contribution in [2.45, 2.75) is 187 Å². The molecule has 0 rings (SSSR count). The van der Waals surface area contributed by atoms with Crippen molar-refractivity contribution in [3.05, 3.63) is 48.6 Å². The Labute approximate surface area is 324 Å². The normalized spacial score (nSPS) is 13.8. The molecule has 9 nitrogen and oxygen atoms in total. The van der Waals surface area contributed by atoms with Gasteiger partial charge in [0.1, 0.15) is 6.61 Å². The van der Waals surface area contributed by atoms with E-state index < -0.39 is 32.5 Å². The molecule has 0 aromatic heterocycles. The van der Waals surface area contributed by atoms with Gasteiger partial charge in [0.15, 0.2) is 6.10 Å². The lowest BCUT2D eigenvalue weighted by molar-refractivity contribution is -0.161. The van der Waals surface area contributed by atoms with E-state index in [4.69, 9.17) is 24.3 Å². The van der Waals surface area contributed by atoms with E-state index in [1.807, 2.05) is 0 Å². The number of phosphoric ester groups is 1. The van der Waals surface area contributed by atoms with Crippen LogP contribution in [0.5, 0.6) is 0 Å². The third-order valence-electron chi connectivity index (χ3n) is 8.69. The van der Waals surface area contributed by atoms with Gasteiger partial charge >= 0.3 is 19.8 Å². The Bertz CT molecular complexity index is 1010. The lowest BCUT2D eigenvalue weighted by atomic mass is 10.1. The van der Waals surface area contributed by atoms with Gasteiger partial charge in [-0.3, -0.25) is 18.6 Å². The zero-order chi connectivity index (χ0) is 38.9. The van der Waals surface area contributed by atoms with Gasteiger partial charge in [0.2, 0.25) is 0 Å². The summed E-state index contributed by atoms with van der Waals surface area (Å²) < 4.78 is 32.7. The summed E-state index contributed by atoms with van der Waals surface area (Å²) >= 11 is 0. The summed E-state index contributed by atoms with van der Waals surface area (Å²) in [5, 5.41) is 0.